The van der Waals surface area contributed by atoms with Gasteiger partial charge in [-0.1, -0.05) is 59.9 Å². The maximum Gasteiger partial charge on any atom is 0.274 e. The van der Waals surface area contributed by atoms with Crippen molar-refractivity contribution >= 4 is 39.1 Å². The first-order valence-electron chi connectivity index (χ1n) is 11.9. The van der Waals surface area contributed by atoms with Crippen LogP contribution in [0.4, 0.5) is 11.5 Å². The Kier molecular flexibility index (Phi) is 6.48. The molecule has 1 amide bonds. The van der Waals surface area contributed by atoms with Gasteiger partial charge in [0.05, 0.1) is 17.9 Å². The van der Waals surface area contributed by atoms with Crippen LogP contribution in [-0.4, -0.2) is 30.8 Å². The topological polar surface area (TPSA) is 106 Å². The van der Waals surface area contributed by atoms with Gasteiger partial charge in [0.2, 0.25) is 0 Å². The molecule has 0 aliphatic heterocycles. The lowest BCUT2D eigenvalue weighted by Gasteiger charge is -2.12. The molecule has 0 aliphatic rings. The molecule has 0 unspecified atom stereocenters. The molecule has 38 heavy (non-hydrogen) atoms. The van der Waals surface area contributed by atoms with E-state index < -0.39 is 0 Å². The summed E-state index contributed by atoms with van der Waals surface area (Å²) < 4.78 is 0. The zero-order valence-corrected chi connectivity index (χ0v) is 20.9. The van der Waals surface area contributed by atoms with E-state index in [1.807, 2.05) is 84.9 Å². The molecule has 0 atom stereocenters. The first kappa shape index (κ1) is 23.4. The van der Waals surface area contributed by atoms with Crippen molar-refractivity contribution in [3.8, 4) is 22.0 Å². The monoisotopic (exact) mass is 515 g/mol. The highest BCUT2D eigenvalue weighted by molar-refractivity contribution is 7.21. The number of hydrogen-bond donors (Lipinski definition) is 2. The fourth-order valence-corrected chi connectivity index (χ4v) is 4.85. The molecule has 0 bridgehead atoms. The highest BCUT2D eigenvalue weighted by atomic mass is 32.1. The molecule has 0 saturated carbocycles. The summed E-state index contributed by atoms with van der Waals surface area (Å²) >= 11 is 1.48. The van der Waals surface area contributed by atoms with Crippen LogP contribution in [0, 0.1) is 0 Å². The zero-order valence-electron chi connectivity index (χ0n) is 20.1. The molecule has 0 saturated heterocycles. The molecule has 0 aliphatic carbocycles. The van der Waals surface area contributed by atoms with Crippen LogP contribution in [0.2, 0.25) is 0 Å². The SMILES string of the molecule is O=C(Nc1ccccc1-c1nc2cccnc2s1)c1cc(NCc2ccccn2)nc(-c2ccccc2)n1. The number of nitrogens with one attached hydrogen (secondary N) is 2. The van der Waals surface area contributed by atoms with Crippen molar-refractivity contribution < 1.29 is 4.79 Å². The van der Waals surface area contributed by atoms with Gasteiger partial charge < -0.3 is 10.6 Å². The Morgan fingerprint density at radius 1 is 0.789 bits per heavy atom. The molecule has 4 heterocycles. The van der Waals surface area contributed by atoms with Crippen LogP contribution in [0.5, 0.6) is 0 Å². The quantitative estimate of drug-likeness (QED) is 0.266. The molecule has 2 N–H and O–H groups in total. The fraction of sp³-hybridized carbons (Fsp3) is 0.0345. The highest BCUT2D eigenvalue weighted by Crippen LogP contribution is 2.34. The Morgan fingerprint density at radius 3 is 2.45 bits per heavy atom. The van der Waals surface area contributed by atoms with Crippen molar-refractivity contribution in [1.29, 1.82) is 0 Å². The predicted octanol–water partition coefficient (Wildman–Crippen LogP) is 6.07. The van der Waals surface area contributed by atoms with E-state index in [0.29, 0.717) is 23.9 Å². The highest BCUT2D eigenvalue weighted by Gasteiger charge is 2.17. The molecule has 6 aromatic rings. The van der Waals surface area contributed by atoms with E-state index in [2.05, 4.69) is 30.6 Å². The number of hydrogen-bond acceptors (Lipinski definition) is 8. The van der Waals surface area contributed by atoms with Gasteiger partial charge in [-0.3, -0.25) is 9.78 Å². The van der Waals surface area contributed by atoms with E-state index in [1.54, 1.807) is 18.5 Å². The second kappa shape index (κ2) is 10.5. The van der Waals surface area contributed by atoms with Crippen molar-refractivity contribution in [3.05, 3.63) is 115 Å². The number of carbonyl (C=O) groups is 1. The van der Waals surface area contributed by atoms with Crippen LogP contribution in [0.25, 0.3) is 32.3 Å². The van der Waals surface area contributed by atoms with E-state index in [-0.39, 0.29) is 11.6 Å². The average molecular weight is 516 g/mol. The van der Waals surface area contributed by atoms with Crippen molar-refractivity contribution in [1.82, 2.24) is 24.9 Å². The molecule has 6 rings (SSSR count). The lowest BCUT2D eigenvalue weighted by atomic mass is 10.1. The maximum absolute atomic E-state index is 13.5. The van der Waals surface area contributed by atoms with Crippen LogP contribution < -0.4 is 10.6 Å². The number of nitrogens with zero attached hydrogens (tertiary/aromatic N) is 5. The van der Waals surface area contributed by atoms with Gasteiger partial charge in [-0.25, -0.2) is 19.9 Å². The van der Waals surface area contributed by atoms with Gasteiger partial charge in [0.15, 0.2) is 5.82 Å². The summed E-state index contributed by atoms with van der Waals surface area (Å²) in [6.07, 6.45) is 3.49. The number of anilines is 2. The van der Waals surface area contributed by atoms with Gasteiger partial charge in [0.1, 0.15) is 26.9 Å². The third-order valence-electron chi connectivity index (χ3n) is 5.74. The fourth-order valence-electron chi connectivity index (χ4n) is 3.90. The summed E-state index contributed by atoms with van der Waals surface area (Å²) in [4.78, 5) is 37.0. The molecule has 0 radical (unpaired) electrons. The van der Waals surface area contributed by atoms with Crippen LogP contribution in [0.15, 0.2) is 103 Å². The number of rotatable bonds is 7. The standard InChI is InChI=1S/C29H21N7OS/c37-27(34-22-13-5-4-12-21(22)28-35-23-14-8-16-31-29(23)38-28)24-17-25(32-18-20-11-6-7-15-30-20)36-26(33-24)19-9-2-1-3-10-19/h1-17H,18H2,(H,34,37)(H,32,33,36). The number of amides is 1. The second-order valence-corrected chi connectivity index (χ2v) is 9.33. The third kappa shape index (κ3) is 5.09. The largest absolute Gasteiger partial charge is 0.364 e. The Labute approximate surface area is 222 Å². The van der Waals surface area contributed by atoms with Crippen molar-refractivity contribution in [2.45, 2.75) is 6.54 Å². The van der Waals surface area contributed by atoms with Crippen LogP contribution >= 0.6 is 11.3 Å². The number of para-hydroxylation sites is 1. The van der Waals surface area contributed by atoms with Crippen molar-refractivity contribution in [2.75, 3.05) is 10.6 Å². The molecule has 184 valence electrons. The summed E-state index contributed by atoms with van der Waals surface area (Å²) in [5.74, 6) is 0.629. The molecule has 2 aromatic carbocycles. The number of pyridine rings is 2. The summed E-state index contributed by atoms with van der Waals surface area (Å²) in [6.45, 7) is 0.460. The van der Waals surface area contributed by atoms with Crippen LogP contribution in [-0.2, 0) is 6.54 Å². The number of carbonyl (C=O) groups excluding carboxylic acids is 1. The van der Waals surface area contributed by atoms with Crippen molar-refractivity contribution in [2.24, 2.45) is 0 Å². The predicted molar refractivity (Wildman–Crippen MR) is 150 cm³/mol. The van der Waals surface area contributed by atoms with Gasteiger partial charge in [-0.15, -0.1) is 0 Å². The average Bonchev–Trinajstić information content (AvgIpc) is 3.41. The lowest BCUT2D eigenvalue weighted by Crippen LogP contribution is -2.16. The minimum Gasteiger partial charge on any atom is -0.364 e. The molecule has 9 heteroatoms. The number of benzene rings is 2. The van der Waals surface area contributed by atoms with Gasteiger partial charge in [0.25, 0.3) is 5.91 Å². The van der Waals surface area contributed by atoms with Crippen molar-refractivity contribution in [3.63, 3.8) is 0 Å². The zero-order chi connectivity index (χ0) is 25.7. The lowest BCUT2D eigenvalue weighted by molar-refractivity contribution is 0.102. The Bertz CT molecular complexity index is 1690. The third-order valence-corrected chi connectivity index (χ3v) is 6.75. The Morgan fingerprint density at radius 2 is 1.61 bits per heavy atom. The smallest absolute Gasteiger partial charge is 0.274 e. The molecule has 4 aromatic heterocycles. The first-order valence-corrected chi connectivity index (χ1v) is 12.8. The minimum absolute atomic E-state index is 0.239. The van der Waals surface area contributed by atoms with Gasteiger partial charge in [-0.2, -0.15) is 0 Å². The number of thiazole rings is 1. The van der Waals surface area contributed by atoms with E-state index >= 15 is 0 Å². The van der Waals surface area contributed by atoms with Gasteiger partial charge in [-0.05, 0) is 36.4 Å². The molecular formula is C29H21N7OS. The van der Waals surface area contributed by atoms with Gasteiger partial charge >= 0.3 is 0 Å². The van der Waals surface area contributed by atoms with Crippen LogP contribution in [0.3, 0.4) is 0 Å². The Hall–Kier alpha value is -5.02. The van der Waals surface area contributed by atoms with E-state index in [1.165, 1.54) is 11.3 Å². The summed E-state index contributed by atoms with van der Waals surface area (Å²) in [5.41, 5.74) is 4.18. The van der Waals surface area contributed by atoms with Gasteiger partial charge in [0, 0.05) is 29.6 Å². The Balaban J connectivity index is 1.32. The van der Waals surface area contributed by atoms with Crippen LogP contribution in [0.1, 0.15) is 16.2 Å². The molecule has 0 fully saturated rings. The van der Waals surface area contributed by atoms with E-state index in [0.717, 1.165) is 32.2 Å². The normalized spacial score (nSPS) is 10.8. The van der Waals surface area contributed by atoms with E-state index in [4.69, 9.17) is 4.98 Å². The summed E-state index contributed by atoms with van der Waals surface area (Å²) in [7, 11) is 0. The minimum atomic E-state index is -0.350. The number of aromatic nitrogens is 5. The van der Waals surface area contributed by atoms with E-state index in [9.17, 15) is 4.79 Å². The summed E-state index contributed by atoms with van der Waals surface area (Å²) in [5, 5.41) is 7.08. The molecule has 8 nitrogen and oxygen atoms in total. The maximum atomic E-state index is 13.5. The number of fused-ring (bicyclic) bond motifs is 1. The summed E-state index contributed by atoms with van der Waals surface area (Å²) in [6, 6.07) is 28.3. The molecule has 0 spiro atoms. The first-order chi connectivity index (χ1) is 18.7. The molecular weight excluding hydrogens is 494 g/mol. The second-order valence-electron chi connectivity index (χ2n) is 8.35.